The van der Waals surface area contributed by atoms with Gasteiger partial charge in [-0.05, 0) is 55.4 Å². The van der Waals surface area contributed by atoms with Gasteiger partial charge in [-0.15, -0.1) is 11.8 Å². The van der Waals surface area contributed by atoms with Crippen molar-refractivity contribution in [3.05, 3.63) is 65.7 Å². The van der Waals surface area contributed by atoms with Crippen LogP contribution in [0.3, 0.4) is 0 Å². The second kappa shape index (κ2) is 13.5. The normalized spacial score (nSPS) is 18.1. The van der Waals surface area contributed by atoms with E-state index in [1.165, 1.54) is 68.1 Å². The molecule has 2 aliphatic heterocycles. The van der Waals surface area contributed by atoms with E-state index >= 15 is 0 Å². The number of carboxylic acids is 2. The minimum absolute atomic E-state index is 0.787. The lowest BCUT2D eigenvalue weighted by atomic mass is 10.0. The van der Waals surface area contributed by atoms with Gasteiger partial charge in [0.1, 0.15) is 0 Å². The van der Waals surface area contributed by atoms with Crippen LogP contribution >= 0.6 is 11.8 Å². The van der Waals surface area contributed by atoms with Crippen molar-refractivity contribution in [3.8, 4) is 0 Å². The van der Waals surface area contributed by atoms with Gasteiger partial charge >= 0.3 is 11.9 Å². The van der Waals surface area contributed by atoms with E-state index in [0.29, 0.717) is 0 Å². The van der Waals surface area contributed by atoms with E-state index in [4.69, 9.17) is 19.8 Å². The second-order valence-electron chi connectivity index (χ2n) is 8.76. The number of hydrogen-bond donors (Lipinski definition) is 2. The number of hydrogen-bond acceptors (Lipinski definition) is 6. The Labute approximate surface area is 206 Å². The van der Waals surface area contributed by atoms with Crippen LogP contribution in [0, 0.1) is 0 Å². The Morgan fingerprint density at radius 2 is 1.26 bits per heavy atom. The molecule has 0 unspecified atom stereocenters. The first-order valence-corrected chi connectivity index (χ1v) is 13.0. The second-order valence-corrected chi connectivity index (χ2v) is 9.64. The van der Waals surface area contributed by atoms with Crippen LogP contribution in [-0.4, -0.2) is 88.4 Å². The molecule has 0 spiro atoms. The van der Waals surface area contributed by atoms with Gasteiger partial charge in [0.05, 0.1) is 0 Å². The van der Waals surface area contributed by atoms with Crippen LogP contribution in [-0.2, 0) is 22.7 Å². The number of carboxylic acid groups (broad SMARTS) is 2. The highest BCUT2D eigenvalue weighted by molar-refractivity contribution is 7.98. The van der Waals surface area contributed by atoms with Crippen molar-refractivity contribution in [2.24, 2.45) is 0 Å². The maximum absolute atomic E-state index is 9.10. The third-order valence-electron chi connectivity index (χ3n) is 6.48. The van der Waals surface area contributed by atoms with Gasteiger partial charge in [0, 0.05) is 50.2 Å². The zero-order chi connectivity index (χ0) is 24.3. The van der Waals surface area contributed by atoms with Gasteiger partial charge in [0.2, 0.25) is 0 Å². The van der Waals surface area contributed by atoms with Gasteiger partial charge < -0.3 is 10.2 Å². The van der Waals surface area contributed by atoms with Crippen molar-refractivity contribution in [2.75, 3.05) is 45.5 Å². The predicted molar refractivity (Wildman–Crippen MR) is 135 cm³/mol. The molecule has 2 saturated heterocycles. The number of piperazine rings is 1. The standard InChI is InChI=1S/C24H33N3S.C2H2O4/c1-28-24-9-7-22(8-10-24)20-26-15-17-27(18-16-26)23-11-13-25(14-12-23)19-21-5-3-2-4-6-21;3-1(4)2(5)6/h2-10,23H,11-20H2,1H3;(H,3,4)(H,5,6). The minimum Gasteiger partial charge on any atom is -0.473 e. The van der Waals surface area contributed by atoms with Crippen LogP contribution in [0.1, 0.15) is 24.0 Å². The highest BCUT2D eigenvalue weighted by Crippen LogP contribution is 2.21. The van der Waals surface area contributed by atoms with Crippen LogP contribution in [0.2, 0.25) is 0 Å². The van der Waals surface area contributed by atoms with Crippen LogP contribution < -0.4 is 0 Å². The van der Waals surface area contributed by atoms with Crippen molar-refractivity contribution < 1.29 is 19.8 Å². The molecular weight excluding hydrogens is 450 g/mol. The summed E-state index contributed by atoms with van der Waals surface area (Å²) in [5, 5.41) is 14.8. The number of piperidine rings is 1. The molecule has 2 N–H and O–H groups in total. The monoisotopic (exact) mass is 485 g/mol. The molecule has 0 atom stereocenters. The van der Waals surface area contributed by atoms with E-state index in [1.54, 1.807) is 0 Å². The number of thioether (sulfide) groups is 1. The Bertz CT molecular complexity index is 882. The zero-order valence-electron chi connectivity index (χ0n) is 19.8. The zero-order valence-corrected chi connectivity index (χ0v) is 20.6. The maximum Gasteiger partial charge on any atom is 0.414 e. The van der Waals surface area contributed by atoms with Gasteiger partial charge in [0.15, 0.2) is 0 Å². The highest BCUT2D eigenvalue weighted by atomic mass is 32.2. The smallest absolute Gasteiger partial charge is 0.414 e. The first-order chi connectivity index (χ1) is 16.4. The van der Waals surface area contributed by atoms with E-state index in [-0.39, 0.29) is 0 Å². The Kier molecular flexibility index (Phi) is 10.4. The summed E-state index contributed by atoms with van der Waals surface area (Å²) in [4.78, 5) is 27.6. The number of rotatable bonds is 6. The first-order valence-electron chi connectivity index (χ1n) is 11.8. The van der Waals surface area contributed by atoms with E-state index in [1.807, 2.05) is 11.8 Å². The molecule has 0 radical (unpaired) electrons. The quantitative estimate of drug-likeness (QED) is 0.476. The molecule has 8 heteroatoms. The molecule has 0 bridgehead atoms. The molecule has 2 aromatic carbocycles. The molecular formula is C26H35N3O4S. The average Bonchev–Trinajstić information content (AvgIpc) is 2.86. The molecule has 0 saturated carbocycles. The van der Waals surface area contributed by atoms with E-state index in [9.17, 15) is 0 Å². The van der Waals surface area contributed by atoms with E-state index < -0.39 is 11.9 Å². The Balaban J connectivity index is 0.000000481. The summed E-state index contributed by atoms with van der Waals surface area (Å²) in [7, 11) is 0. The molecule has 184 valence electrons. The van der Waals surface area contributed by atoms with Crippen LogP contribution in [0.25, 0.3) is 0 Å². The molecule has 7 nitrogen and oxygen atoms in total. The fourth-order valence-corrected chi connectivity index (χ4v) is 4.97. The molecule has 34 heavy (non-hydrogen) atoms. The van der Waals surface area contributed by atoms with Crippen LogP contribution in [0.5, 0.6) is 0 Å². The molecule has 4 rings (SSSR count). The number of aliphatic carboxylic acids is 2. The van der Waals surface area contributed by atoms with Crippen LogP contribution in [0.4, 0.5) is 0 Å². The Hall–Kier alpha value is -2.39. The van der Waals surface area contributed by atoms with Gasteiger partial charge in [-0.3, -0.25) is 14.7 Å². The number of carbonyl (C=O) groups is 2. The molecule has 2 aliphatic rings. The summed E-state index contributed by atoms with van der Waals surface area (Å²) in [6.07, 6.45) is 4.78. The summed E-state index contributed by atoms with van der Waals surface area (Å²) in [6, 6.07) is 20.8. The van der Waals surface area contributed by atoms with E-state index in [2.05, 4.69) is 75.6 Å². The lowest BCUT2D eigenvalue weighted by molar-refractivity contribution is -0.159. The van der Waals surface area contributed by atoms with Gasteiger partial charge in [-0.1, -0.05) is 42.5 Å². The fourth-order valence-electron chi connectivity index (χ4n) is 4.56. The molecule has 2 fully saturated rings. The summed E-state index contributed by atoms with van der Waals surface area (Å²) in [5.74, 6) is -3.65. The maximum atomic E-state index is 9.10. The largest absolute Gasteiger partial charge is 0.473 e. The molecule has 0 aliphatic carbocycles. The fraction of sp³-hybridized carbons (Fsp3) is 0.462. The first kappa shape index (κ1) is 26.2. The Morgan fingerprint density at radius 1 is 0.765 bits per heavy atom. The van der Waals surface area contributed by atoms with Crippen molar-refractivity contribution in [1.82, 2.24) is 14.7 Å². The van der Waals surface area contributed by atoms with Gasteiger partial charge in [-0.25, -0.2) is 9.59 Å². The van der Waals surface area contributed by atoms with Gasteiger partial charge in [-0.2, -0.15) is 0 Å². The highest BCUT2D eigenvalue weighted by Gasteiger charge is 2.27. The van der Waals surface area contributed by atoms with Gasteiger partial charge in [0.25, 0.3) is 0 Å². The van der Waals surface area contributed by atoms with Crippen molar-refractivity contribution in [2.45, 2.75) is 36.9 Å². The third kappa shape index (κ3) is 8.43. The van der Waals surface area contributed by atoms with Crippen molar-refractivity contribution in [1.29, 1.82) is 0 Å². The minimum atomic E-state index is -1.82. The molecule has 2 heterocycles. The lowest BCUT2D eigenvalue weighted by Crippen LogP contribution is -2.52. The summed E-state index contributed by atoms with van der Waals surface area (Å²) < 4.78 is 0. The summed E-state index contributed by atoms with van der Waals surface area (Å²) in [6.45, 7) is 9.54. The topological polar surface area (TPSA) is 84.3 Å². The number of likely N-dealkylation sites (tertiary alicyclic amines) is 1. The molecule has 0 amide bonds. The number of nitrogens with zero attached hydrogens (tertiary/aromatic N) is 3. The third-order valence-corrected chi connectivity index (χ3v) is 7.22. The number of benzene rings is 2. The van der Waals surface area contributed by atoms with Crippen LogP contribution in [0.15, 0.2) is 59.5 Å². The summed E-state index contributed by atoms with van der Waals surface area (Å²) in [5.41, 5.74) is 2.89. The van der Waals surface area contributed by atoms with Crippen molar-refractivity contribution >= 4 is 23.7 Å². The predicted octanol–water partition coefficient (Wildman–Crippen LogP) is 3.35. The molecule has 2 aromatic rings. The summed E-state index contributed by atoms with van der Waals surface area (Å²) >= 11 is 1.82. The SMILES string of the molecule is CSc1ccc(CN2CCN(C3CCN(Cc4ccccc4)CC3)CC2)cc1.O=C(O)C(=O)O. The average molecular weight is 486 g/mol. The Morgan fingerprint density at radius 3 is 1.76 bits per heavy atom. The molecule has 0 aromatic heterocycles. The van der Waals surface area contributed by atoms with Crippen molar-refractivity contribution in [3.63, 3.8) is 0 Å². The van der Waals surface area contributed by atoms with E-state index in [0.717, 1.165) is 19.1 Å². The lowest BCUT2D eigenvalue weighted by Gasteiger charge is -2.43.